The number of fused-ring (bicyclic) bond motifs is 1. The summed E-state index contributed by atoms with van der Waals surface area (Å²) in [6, 6.07) is 13.9. The topological polar surface area (TPSA) is 88.2 Å². The van der Waals surface area contributed by atoms with Gasteiger partial charge in [0, 0.05) is 35.1 Å². The number of anilines is 1. The van der Waals surface area contributed by atoms with Crippen molar-refractivity contribution in [2.24, 2.45) is 11.7 Å². The molecule has 0 aliphatic heterocycles. The average molecular weight is 402 g/mol. The second-order valence-corrected chi connectivity index (χ2v) is 8.69. The number of hydrogen-bond acceptors (Lipinski definition) is 5. The van der Waals surface area contributed by atoms with Gasteiger partial charge < -0.3 is 16.2 Å². The van der Waals surface area contributed by atoms with Crippen LogP contribution in [0.25, 0.3) is 22.0 Å². The second-order valence-electron chi connectivity index (χ2n) is 8.69. The van der Waals surface area contributed by atoms with E-state index in [9.17, 15) is 9.90 Å². The van der Waals surface area contributed by atoms with E-state index in [1.807, 2.05) is 36.4 Å². The minimum Gasteiger partial charge on any atom is -0.507 e. The minimum absolute atomic E-state index is 0.130. The molecule has 3 aromatic rings. The lowest BCUT2D eigenvalue weighted by molar-refractivity contribution is 0.0968. The smallest absolute Gasteiger partial charge is 0.169 e. The van der Waals surface area contributed by atoms with E-state index in [0.717, 1.165) is 66.2 Å². The lowest BCUT2D eigenvalue weighted by Crippen LogP contribution is -2.33. The molecule has 0 saturated heterocycles. The monoisotopic (exact) mass is 401 g/mol. The Morgan fingerprint density at radius 1 is 1.03 bits per heavy atom. The van der Waals surface area contributed by atoms with Gasteiger partial charge in [-0.1, -0.05) is 24.3 Å². The molecule has 0 radical (unpaired) electrons. The van der Waals surface area contributed by atoms with Gasteiger partial charge in [0.25, 0.3) is 0 Å². The molecule has 0 bridgehead atoms. The van der Waals surface area contributed by atoms with Crippen molar-refractivity contribution >= 4 is 22.4 Å². The summed E-state index contributed by atoms with van der Waals surface area (Å²) in [5.74, 6) is 0.559. The Morgan fingerprint density at radius 2 is 1.80 bits per heavy atom. The zero-order valence-corrected chi connectivity index (χ0v) is 17.0. The van der Waals surface area contributed by atoms with Gasteiger partial charge in [-0.15, -0.1) is 0 Å². The van der Waals surface area contributed by atoms with E-state index in [1.54, 1.807) is 12.3 Å². The van der Waals surface area contributed by atoms with Crippen molar-refractivity contribution < 1.29 is 9.90 Å². The maximum Gasteiger partial charge on any atom is 0.169 e. The van der Waals surface area contributed by atoms with Crippen molar-refractivity contribution in [2.45, 2.75) is 50.6 Å². The fourth-order valence-corrected chi connectivity index (χ4v) is 4.45. The number of carbonyl (C=O) groups is 1. The average Bonchev–Trinajstić information content (AvgIpc) is 3.61. The molecule has 5 nitrogen and oxygen atoms in total. The van der Waals surface area contributed by atoms with Gasteiger partial charge in [-0.05, 0) is 62.3 Å². The summed E-state index contributed by atoms with van der Waals surface area (Å²) in [5.41, 5.74) is 10.2. The maximum atomic E-state index is 13.0. The van der Waals surface area contributed by atoms with E-state index in [1.165, 1.54) is 0 Å². The largest absolute Gasteiger partial charge is 0.507 e. The van der Waals surface area contributed by atoms with E-state index < -0.39 is 0 Å². The van der Waals surface area contributed by atoms with E-state index in [-0.39, 0.29) is 23.5 Å². The summed E-state index contributed by atoms with van der Waals surface area (Å²) in [5, 5.41) is 14.9. The molecule has 0 spiro atoms. The van der Waals surface area contributed by atoms with Crippen molar-refractivity contribution in [1.29, 1.82) is 0 Å². The number of nitrogens with one attached hydrogen (secondary N) is 1. The van der Waals surface area contributed by atoms with Crippen molar-refractivity contribution in [3.8, 4) is 16.9 Å². The zero-order valence-electron chi connectivity index (χ0n) is 17.0. The highest BCUT2D eigenvalue weighted by molar-refractivity contribution is 6.10. The Bertz CT molecular complexity index is 1100. The van der Waals surface area contributed by atoms with E-state index >= 15 is 0 Å². The number of nitrogens with zero attached hydrogens (tertiary/aromatic N) is 1. The Labute approximate surface area is 176 Å². The first-order valence-corrected chi connectivity index (χ1v) is 10.9. The van der Waals surface area contributed by atoms with Crippen molar-refractivity contribution in [3.63, 3.8) is 0 Å². The van der Waals surface area contributed by atoms with Gasteiger partial charge in [-0.25, -0.2) is 0 Å². The van der Waals surface area contributed by atoms with Gasteiger partial charge in [-0.2, -0.15) is 0 Å². The van der Waals surface area contributed by atoms with Crippen LogP contribution in [-0.2, 0) is 0 Å². The normalized spacial score (nSPS) is 21.5. The Morgan fingerprint density at radius 3 is 2.53 bits per heavy atom. The minimum atomic E-state index is 0.130. The molecule has 4 N–H and O–H groups in total. The Kier molecular flexibility index (Phi) is 4.91. The number of rotatable bonds is 5. The van der Waals surface area contributed by atoms with E-state index in [4.69, 9.17) is 5.73 Å². The van der Waals surface area contributed by atoms with Crippen LogP contribution in [0.3, 0.4) is 0 Å². The molecular formula is C25H27N3O2. The molecule has 2 aliphatic carbocycles. The van der Waals surface area contributed by atoms with Gasteiger partial charge in [0.2, 0.25) is 0 Å². The highest BCUT2D eigenvalue weighted by Gasteiger charge is 2.33. The SMILES string of the molecule is NC1CCC(Nc2c(C(=O)C3CC3)cnc3ccc(-c4ccccc4O)cc23)CC1. The van der Waals surface area contributed by atoms with Gasteiger partial charge in [0.15, 0.2) is 5.78 Å². The van der Waals surface area contributed by atoms with Crippen LogP contribution < -0.4 is 11.1 Å². The number of aromatic hydroxyl groups is 1. The zero-order chi connectivity index (χ0) is 20.7. The lowest BCUT2D eigenvalue weighted by Gasteiger charge is -2.29. The predicted octanol–water partition coefficient (Wildman–Crippen LogP) is 4.88. The molecule has 1 heterocycles. The van der Waals surface area contributed by atoms with Crippen LogP contribution in [0.15, 0.2) is 48.7 Å². The maximum absolute atomic E-state index is 13.0. The van der Waals surface area contributed by atoms with Crippen LogP contribution >= 0.6 is 0 Å². The Balaban J connectivity index is 1.62. The number of ketones is 1. The van der Waals surface area contributed by atoms with Crippen LogP contribution in [-0.4, -0.2) is 28.0 Å². The number of aromatic nitrogens is 1. The van der Waals surface area contributed by atoms with E-state index in [2.05, 4.69) is 10.3 Å². The molecule has 2 aromatic carbocycles. The number of phenols is 1. The molecule has 5 heteroatoms. The summed E-state index contributed by atoms with van der Waals surface area (Å²) in [4.78, 5) is 17.6. The van der Waals surface area contributed by atoms with Crippen LogP contribution in [0.4, 0.5) is 5.69 Å². The van der Waals surface area contributed by atoms with Crippen LogP contribution in [0, 0.1) is 5.92 Å². The third-order valence-electron chi connectivity index (χ3n) is 6.42. The molecule has 1 aromatic heterocycles. The van der Waals surface area contributed by atoms with Crippen molar-refractivity contribution in [2.75, 3.05) is 5.32 Å². The summed E-state index contributed by atoms with van der Waals surface area (Å²) in [6.45, 7) is 0. The fourth-order valence-electron chi connectivity index (χ4n) is 4.45. The lowest BCUT2D eigenvalue weighted by atomic mass is 9.91. The molecule has 5 rings (SSSR count). The van der Waals surface area contributed by atoms with Crippen molar-refractivity contribution in [3.05, 3.63) is 54.2 Å². The molecule has 2 aliphatic rings. The van der Waals surface area contributed by atoms with Crippen LogP contribution in [0.2, 0.25) is 0 Å². The van der Waals surface area contributed by atoms with E-state index in [0.29, 0.717) is 11.6 Å². The molecule has 0 amide bonds. The molecular weight excluding hydrogens is 374 g/mol. The van der Waals surface area contributed by atoms with Crippen molar-refractivity contribution in [1.82, 2.24) is 4.98 Å². The van der Waals surface area contributed by atoms with Gasteiger partial charge >= 0.3 is 0 Å². The number of para-hydroxylation sites is 1. The third-order valence-corrected chi connectivity index (χ3v) is 6.42. The number of phenolic OH excluding ortho intramolecular Hbond substituents is 1. The third kappa shape index (κ3) is 3.65. The van der Waals surface area contributed by atoms with Crippen LogP contribution in [0.1, 0.15) is 48.9 Å². The number of pyridine rings is 1. The summed E-state index contributed by atoms with van der Waals surface area (Å²) >= 11 is 0. The van der Waals surface area contributed by atoms with Gasteiger partial charge in [0.1, 0.15) is 5.75 Å². The number of nitrogens with two attached hydrogens (primary N) is 1. The highest BCUT2D eigenvalue weighted by atomic mass is 16.3. The van der Waals surface area contributed by atoms with Gasteiger partial charge in [-0.3, -0.25) is 9.78 Å². The first-order valence-electron chi connectivity index (χ1n) is 10.9. The number of carbonyl (C=O) groups excluding carboxylic acids is 1. The Hall–Kier alpha value is -2.92. The standard InChI is InChI=1S/C25H27N3O2/c26-17-8-10-18(11-9-17)28-24-20-13-16(19-3-1-2-4-23(19)29)7-12-22(20)27-14-21(24)25(30)15-5-6-15/h1-4,7,12-15,17-18,29H,5-6,8-11,26H2,(H,27,28). The predicted molar refractivity (Wildman–Crippen MR) is 120 cm³/mol. The number of benzene rings is 2. The molecule has 0 atom stereocenters. The fraction of sp³-hybridized carbons (Fsp3) is 0.360. The first-order chi connectivity index (χ1) is 14.6. The van der Waals surface area contributed by atoms with Crippen LogP contribution in [0.5, 0.6) is 5.75 Å². The van der Waals surface area contributed by atoms with Gasteiger partial charge in [0.05, 0.1) is 16.8 Å². The number of hydrogen-bond donors (Lipinski definition) is 3. The molecule has 154 valence electrons. The highest BCUT2D eigenvalue weighted by Crippen LogP contribution is 2.39. The molecule has 30 heavy (non-hydrogen) atoms. The summed E-state index contributed by atoms with van der Waals surface area (Å²) in [6.07, 6.45) is 7.66. The summed E-state index contributed by atoms with van der Waals surface area (Å²) in [7, 11) is 0. The summed E-state index contributed by atoms with van der Waals surface area (Å²) < 4.78 is 0. The molecule has 2 saturated carbocycles. The molecule has 2 fully saturated rings. The number of Topliss-reactive ketones (excluding diaryl/α,β-unsaturated/α-hetero) is 1. The molecule has 0 unspecified atom stereocenters. The first kappa shape index (κ1) is 19.1. The quantitative estimate of drug-likeness (QED) is 0.530. The second kappa shape index (κ2) is 7.73.